The Balaban J connectivity index is 1.82. The molecule has 3 rings (SSSR count). The maximum atomic E-state index is 3.23. The summed E-state index contributed by atoms with van der Waals surface area (Å²) in [7, 11) is 2.00. The SMILES string of the molecule is CNCc1ccc(N(Cc2cccs2)C2CC2)cc1C. The number of hydrogen-bond donors (Lipinski definition) is 1. The Morgan fingerprint density at radius 1 is 1.30 bits per heavy atom. The molecule has 2 aromatic rings. The Hall–Kier alpha value is -1.32. The van der Waals surface area contributed by atoms with Crippen LogP contribution in [0.2, 0.25) is 0 Å². The number of rotatable bonds is 6. The van der Waals surface area contributed by atoms with Crippen LogP contribution in [-0.2, 0) is 13.1 Å². The van der Waals surface area contributed by atoms with Crippen molar-refractivity contribution < 1.29 is 0 Å². The summed E-state index contributed by atoms with van der Waals surface area (Å²) in [6.07, 6.45) is 2.67. The normalized spacial score (nSPS) is 14.5. The van der Waals surface area contributed by atoms with Crippen molar-refractivity contribution in [2.24, 2.45) is 0 Å². The molecule has 0 spiro atoms. The fourth-order valence-electron chi connectivity index (χ4n) is 2.64. The predicted octanol–water partition coefficient (Wildman–Crippen LogP) is 3.94. The van der Waals surface area contributed by atoms with Gasteiger partial charge in [0.2, 0.25) is 0 Å². The number of nitrogens with one attached hydrogen (secondary N) is 1. The second kappa shape index (κ2) is 5.98. The van der Waals surface area contributed by atoms with Crippen molar-refractivity contribution in [3.8, 4) is 0 Å². The van der Waals surface area contributed by atoms with Crippen molar-refractivity contribution in [1.82, 2.24) is 5.32 Å². The van der Waals surface area contributed by atoms with Crippen molar-refractivity contribution in [3.63, 3.8) is 0 Å². The first-order chi connectivity index (χ1) is 9.78. The van der Waals surface area contributed by atoms with Gasteiger partial charge in [-0.25, -0.2) is 0 Å². The van der Waals surface area contributed by atoms with Crippen LogP contribution >= 0.6 is 11.3 Å². The molecule has 0 radical (unpaired) electrons. The molecule has 0 amide bonds. The van der Waals surface area contributed by atoms with Gasteiger partial charge < -0.3 is 10.2 Å². The Bertz CT molecular complexity index is 558. The molecule has 20 heavy (non-hydrogen) atoms. The molecular formula is C17H22N2S. The standard InChI is InChI=1S/C17H22N2S/c1-13-10-16(6-5-14(13)11-18-2)19(15-7-8-15)12-17-4-3-9-20-17/h3-6,9-10,15,18H,7-8,11-12H2,1-2H3. The van der Waals surface area contributed by atoms with Crippen molar-refractivity contribution in [1.29, 1.82) is 0 Å². The number of thiophene rings is 1. The summed E-state index contributed by atoms with van der Waals surface area (Å²) in [5, 5.41) is 5.40. The fourth-order valence-corrected chi connectivity index (χ4v) is 3.34. The first-order valence-corrected chi connectivity index (χ1v) is 8.19. The molecule has 1 heterocycles. The summed E-state index contributed by atoms with van der Waals surface area (Å²) in [4.78, 5) is 4.02. The van der Waals surface area contributed by atoms with E-state index in [4.69, 9.17) is 0 Å². The molecule has 3 heteroatoms. The van der Waals surface area contributed by atoms with E-state index in [1.54, 1.807) is 0 Å². The highest BCUT2D eigenvalue weighted by molar-refractivity contribution is 7.09. The first kappa shape index (κ1) is 13.7. The van der Waals surface area contributed by atoms with Gasteiger partial charge in [-0.05, 0) is 61.5 Å². The van der Waals surface area contributed by atoms with E-state index in [9.17, 15) is 0 Å². The van der Waals surface area contributed by atoms with Gasteiger partial charge in [0.05, 0.1) is 6.54 Å². The van der Waals surface area contributed by atoms with E-state index in [1.807, 2.05) is 18.4 Å². The van der Waals surface area contributed by atoms with Gasteiger partial charge in [0, 0.05) is 23.2 Å². The maximum Gasteiger partial charge on any atom is 0.0525 e. The van der Waals surface area contributed by atoms with E-state index in [2.05, 4.69) is 52.9 Å². The largest absolute Gasteiger partial charge is 0.363 e. The second-order valence-corrected chi connectivity index (χ2v) is 6.61. The minimum atomic E-state index is 0.742. The Kier molecular flexibility index (Phi) is 4.08. The third-order valence-corrected chi connectivity index (χ3v) is 4.78. The highest BCUT2D eigenvalue weighted by atomic mass is 32.1. The lowest BCUT2D eigenvalue weighted by atomic mass is 10.1. The number of hydrogen-bond acceptors (Lipinski definition) is 3. The summed E-state index contributed by atoms with van der Waals surface area (Å²) in [5.74, 6) is 0. The lowest BCUT2D eigenvalue weighted by Gasteiger charge is -2.25. The van der Waals surface area contributed by atoms with Crippen molar-refractivity contribution in [3.05, 3.63) is 51.7 Å². The zero-order chi connectivity index (χ0) is 13.9. The molecule has 106 valence electrons. The molecule has 2 nitrogen and oxygen atoms in total. The predicted molar refractivity (Wildman–Crippen MR) is 87.5 cm³/mol. The molecule has 0 bridgehead atoms. The Morgan fingerprint density at radius 3 is 2.75 bits per heavy atom. The molecule has 1 N–H and O–H groups in total. The zero-order valence-electron chi connectivity index (χ0n) is 12.2. The second-order valence-electron chi connectivity index (χ2n) is 5.58. The van der Waals surface area contributed by atoms with Crippen LogP contribution in [0.4, 0.5) is 5.69 Å². The van der Waals surface area contributed by atoms with E-state index in [0.717, 1.165) is 19.1 Å². The van der Waals surface area contributed by atoms with Gasteiger partial charge >= 0.3 is 0 Å². The van der Waals surface area contributed by atoms with Crippen LogP contribution < -0.4 is 10.2 Å². The molecule has 0 atom stereocenters. The van der Waals surface area contributed by atoms with Crippen LogP contribution in [0.3, 0.4) is 0 Å². The molecular weight excluding hydrogens is 264 g/mol. The molecule has 1 aliphatic carbocycles. The fraction of sp³-hybridized carbons (Fsp3) is 0.412. The van der Waals surface area contributed by atoms with Crippen molar-refractivity contribution >= 4 is 17.0 Å². The Morgan fingerprint density at radius 2 is 2.15 bits per heavy atom. The molecule has 0 unspecified atom stereocenters. The molecule has 1 fully saturated rings. The monoisotopic (exact) mass is 286 g/mol. The van der Waals surface area contributed by atoms with Gasteiger partial charge in [0.1, 0.15) is 0 Å². The summed E-state index contributed by atoms with van der Waals surface area (Å²) in [6, 6.07) is 12.0. The molecule has 0 saturated heterocycles. The summed E-state index contributed by atoms with van der Waals surface area (Å²) < 4.78 is 0. The van der Waals surface area contributed by atoms with Gasteiger partial charge in [-0.1, -0.05) is 12.1 Å². The van der Waals surface area contributed by atoms with Gasteiger partial charge in [0.25, 0.3) is 0 Å². The quantitative estimate of drug-likeness (QED) is 0.865. The summed E-state index contributed by atoms with van der Waals surface area (Å²) >= 11 is 1.85. The molecule has 1 aliphatic rings. The van der Waals surface area contributed by atoms with E-state index in [0.29, 0.717) is 0 Å². The smallest absolute Gasteiger partial charge is 0.0525 e. The highest BCUT2D eigenvalue weighted by Crippen LogP contribution is 2.34. The van der Waals surface area contributed by atoms with E-state index < -0.39 is 0 Å². The maximum absolute atomic E-state index is 3.23. The third-order valence-electron chi connectivity index (χ3n) is 3.92. The van der Waals surface area contributed by atoms with Crippen LogP contribution in [0.5, 0.6) is 0 Å². The van der Waals surface area contributed by atoms with Crippen LogP contribution in [-0.4, -0.2) is 13.1 Å². The molecule has 1 aromatic carbocycles. The van der Waals surface area contributed by atoms with Crippen LogP contribution in [0.15, 0.2) is 35.7 Å². The molecule has 0 aliphatic heterocycles. The van der Waals surface area contributed by atoms with E-state index in [-0.39, 0.29) is 0 Å². The van der Waals surface area contributed by atoms with Gasteiger partial charge in [-0.3, -0.25) is 0 Å². The Labute approximate surface area is 125 Å². The number of aryl methyl sites for hydroxylation is 1. The molecule has 1 aromatic heterocycles. The van der Waals surface area contributed by atoms with E-state index in [1.165, 1.54) is 34.5 Å². The van der Waals surface area contributed by atoms with E-state index >= 15 is 0 Å². The third kappa shape index (κ3) is 3.05. The topological polar surface area (TPSA) is 15.3 Å². The average Bonchev–Trinajstić information content (AvgIpc) is 3.15. The molecule has 1 saturated carbocycles. The average molecular weight is 286 g/mol. The van der Waals surface area contributed by atoms with Crippen LogP contribution in [0.25, 0.3) is 0 Å². The van der Waals surface area contributed by atoms with Crippen LogP contribution in [0, 0.1) is 6.92 Å². The summed E-state index contributed by atoms with van der Waals surface area (Å²) in [6.45, 7) is 4.21. The number of anilines is 1. The minimum absolute atomic E-state index is 0.742. The highest BCUT2D eigenvalue weighted by Gasteiger charge is 2.29. The minimum Gasteiger partial charge on any atom is -0.363 e. The zero-order valence-corrected chi connectivity index (χ0v) is 13.0. The van der Waals surface area contributed by atoms with Gasteiger partial charge in [0.15, 0.2) is 0 Å². The van der Waals surface area contributed by atoms with Gasteiger partial charge in [-0.2, -0.15) is 0 Å². The van der Waals surface area contributed by atoms with Crippen molar-refractivity contribution in [2.75, 3.05) is 11.9 Å². The lowest BCUT2D eigenvalue weighted by Crippen LogP contribution is -2.24. The van der Waals surface area contributed by atoms with Crippen molar-refractivity contribution in [2.45, 2.75) is 38.9 Å². The van der Waals surface area contributed by atoms with Crippen LogP contribution in [0.1, 0.15) is 28.8 Å². The van der Waals surface area contributed by atoms with Gasteiger partial charge in [-0.15, -0.1) is 11.3 Å². The first-order valence-electron chi connectivity index (χ1n) is 7.31. The summed E-state index contributed by atoms with van der Waals surface area (Å²) in [5.41, 5.74) is 4.15. The number of nitrogens with zero attached hydrogens (tertiary/aromatic N) is 1. The number of benzene rings is 1. The lowest BCUT2D eigenvalue weighted by molar-refractivity contribution is 0.794.